The lowest BCUT2D eigenvalue weighted by atomic mass is 10.3. The Hall–Kier alpha value is -1.57. The fraction of sp³-hybridized carbons (Fsp3) is 0.200. The summed E-state index contributed by atoms with van der Waals surface area (Å²) in [5, 5.41) is 3.81. The maximum Gasteiger partial charge on any atom is 0.348 e. The van der Waals surface area contributed by atoms with Crippen molar-refractivity contribution in [2.75, 3.05) is 12.4 Å². The molecule has 8 heteroatoms. The topological polar surface area (TPSA) is 64.6 Å². The van der Waals surface area contributed by atoms with Crippen LogP contribution >= 0.6 is 38.9 Å². The first-order chi connectivity index (χ1) is 10.9. The number of hydrogen-bond acceptors (Lipinski definition) is 5. The number of nitrogens with one attached hydrogen (secondary N) is 1. The van der Waals surface area contributed by atoms with Gasteiger partial charge >= 0.3 is 5.97 Å². The number of ether oxygens (including phenoxy) is 2. The van der Waals surface area contributed by atoms with Gasteiger partial charge in [0.25, 0.3) is 5.91 Å². The Bertz CT molecular complexity index is 734. The summed E-state index contributed by atoms with van der Waals surface area (Å²) >= 11 is 10.3. The Morgan fingerprint density at radius 2 is 2.04 bits per heavy atom. The first-order valence-corrected chi connectivity index (χ1v) is 8.50. The highest BCUT2D eigenvalue weighted by atomic mass is 79.9. The number of thiophene rings is 1. The summed E-state index contributed by atoms with van der Waals surface area (Å²) in [4.78, 5) is 24.0. The third kappa shape index (κ3) is 4.70. The number of benzene rings is 1. The van der Waals surface area contributed by atoms with Crippen LogP contribution in [0.4, 0.5) is 5.00 Å². The molecule has 122 valence electrons. The van der Waals surface area contributed by atoms with E-state index in [9.17, 15) is 9.59 Å². The van der Waals surface area contributed by atoms with Crippen molar-refractivity contribution in [2.45, 2.75) is 13.0 Å². The second-order valence-electron chi connectivity index (χ2n) is 4.48. The summed E-state index contributed by atoms with van der Waals surface area (Å²) in [7, 11) is 1.31. The van der Waals surface area contributed by atoms with Crippen LogP contribution < -0.4 is 10.1 Å². The minimum absolute atomic E-state index is 0.329. The lowest BCUT2D eigenvalue weighted by Gasteiger charge is -2.15. The molecule has 2 aromatic rings. The maximum atomic E-state index is 12.2. The SMILES string of the molecule is COC(=O)c1ccc(NC(=O)C(C)Oc2ccc(Cl)cc2Br)s1. The van der Waals surface area contributed by atoms with Gasteiger partial charge in [-0.25, -0.2) is 4.79 Å². The van der Waals surface area contributed by atoms with E-state index in [0.29, 0.717) is 25.1 Å². The summed E-state index contributed by atoms with van der Waals surface area (Å²) in [6.07, 6.45) is -0.726. The van der Waals surface area contributed by atoms with Gasteiger partial charge in [-0.1, -0.05) is 11.6 Å². The molecular formula is C15H13BrClNO4S. The molecule has 1 aromatic carbocycles. The first kappa shape index (κ1) is 17.8. The quantitative estimate of drug-likeness (QED) is 0.733. The number of esters is 1. The van der Waals surface area contributed by atoms with Gasteiger partial charge in [0.15, 0.2) is 6.10 Å². The van der Waals surface area contributed by atoms with Crippen molar-refractivity contribution in [1.82, 2.24) is 0 Å². The van der Waals surface area contributed by atoms with E-state index < -0.39 is 12.1 Å². The van der Waals surface area contributed by atoms with Crippen LogP contribution in [-0.2, 0) is 9.53 Å². The number of carbonyl (C=O) groups is 2. The molecule has 0 saturated carbocycles. The van der Waals surface area contributed by atoms with Crippen LogP contribution in [0, 0.1) is 0 Å². The smallest absolute Gasteiger partial charge is 0.348 e. The second-order valence-corrected chi connectivity index (χ2v) is 6.85. The van der Waals surface area contributed by atoms with Crippen LogP contribution in [0.15, 0.2) is 34.8 Å². The second kappa shape index (κ2) is 7.81. The van der Waals surface area contributed by atoms with Crippen LogP contribution in [0.5, 0.6) is 5.75 Å². The summed E-state index contributed by atoms with van der Waals surface area (Å²) in [6.45, 7) is 1.63. The molecule has 0 fully saturated rings. The molecular weight excluding hydrogens is 406 g/mol. The van der Waals surface area contributed by atoms with Crippen LogP contribution in [-0.4, -0.2) is 25.1 Å². The Balaban J connectivity index is 1.99. The molecule has 0 saturated heterocycles. The lowest BCUT2D eigenvalue weighted by Crippen LogP contribution is -2.29. The molecule has 0 aliphatic rings. The predicted octanol–water partition coefficient (Wildman–Crippen LogP) is 4.36. The molecule has 5 nitrogen and oxygen atoms in total. The van der Waals surface area contributed by atoms with Crippen LogP contribution in [0.25, 0.3) is 0 Å². The van der Waals surface area contributed by atoms with E-state index in [1.165, 1.54) is 7.11 Å². The zero-order valence-corrected chi connectivity index (χ0v) is 15.4. The molecule has 1 heterocycles. The highest BCUT2D eigenvalue weighted by Crippen LogP contribution is 2.29. The summed E-state index contributed by atoms with van der Waals surface area (Å²) < 4.78 is 10.9. The average Bonchev–Trinajstić information content (AvgIpc) is 2.97. The maximum absolute atomic E-state index is 12.2. The average molecular weight is 419 g/mol. The normalized spacial score (nSPS) is 11.7. The Morgan fingerprint density at radius 1 is 1.30 bits per heavy atom. The van der Waals surface area contributed by atoms with Crippen LogP contribution in [0.2, 0.25) is 5.02 Å². The van der Waals surface area contributed by atoms with Gasteiger partial charge in [-0.15, -0.1) is 11.3 Å². The number of methoxy groups -OCH3 is 1. The van der Waals surface area contributed by atoms with Gasteiger partial charge in [0.1, 0.15) is 10.6 Å². The van der Waals surface area contributed by atoms with Gasteiger partial charge in [-0.2, -0.15) is 0 Å². The number of halogens is 2. The van der Waals surface area contributed by atoms with Crippen molar-refractivity contribution in [1.29, 1.82) is 0 Å². The minimum atomic E-state index is -0.726. The predicted molar refractivity (Wildman–Crippen MR) is 93.5 cm³/mol. The van der Waals surface area contributed by atoms with Gasteiger partial charge < -0.3 is 14.8 Å². The number of amides is 1. The molecule has 1 unspecified atom stereocenters. The number of carbonyl (C=O) groups excluding carboxylic acids is 2. The van der Waals surface area contributed by atoms with E-state index in [1.54, 1.807) is 37.3 Å². The number of anilines is 1. The van der Waals surface area contributed by atoms with Crippen molar-refractivity contribution in [3.05, 3.63) is 44.7 Å². The molecule has 1 aromatic heterocycles. The molecule has 0 aliphatic carbocycles. The molecule has 0 radical (unpaired) electrons. The van der Waals surface area contributed by atoms with Crippen molar-refractivity contribution in [3.63, 3.8) is 0 Å². The van der Waals surface area contributed by atoms with E-state index in [4.69, 9.17) is 16.3 Å². The fourth-order valence-corrected chi connectivity index (χ4v) is 3.26. The van der Waals surface area contributed by atoms with Crippen molar-refractivity contribution < 1.29 is 19.1 Å². The number of hydrogen-bond donors (Lipinski definition) is 1. The lowest BCUT2D eigenvalue weighted by molar-refractivity contribution is -0.122. The summed E-state index contributed by atoms with van der Waals surface area (Å²) in [5.41, 5.74) is 0. The third-order valence-corrected chi connectivity index (χ3v) is 4.64. The van der Waals surface area contributed by atoms with Crippen molar-refractivity contribution in [2.24, 2.45) is 0 Å². The molecule has 1 N–H and O–H groups in total. The van der Waals surface area contributed by atoms with Crippen molar-refractivity contribution in [3.8, 4) is 5.75 Å². The Labute approximate surface area is 150 Å². The van der Waals surface area contributed by atoms with E-state index in [1.807, 2.05) is 0 Å². The minimum Gasteiger partial charge on any atom is -0.480 e. The molecule has 1 atom stereocenters. The molecule has 0 spiro atoms. The molecule has 0 bridgehead atoms. The van der Waals surface area contributed by atoms with Crippen LogP contribution in [0.1, 0.15) is 16.6 Å². The molecule has 2 rings (SSSR count). The van der Waals surface area contributed by atoms with E-state index in [0.717, 1.165) is 11.3 Å². The Morgan fingerprint density at radius 3 is 2.70 bits per heavy atom. The van der Waals surface area contributed by atoms with Gasteiger partial charge in [0.2, 0.25) is 0 Å². The van der Waals surface area contributed by atoms with Crippen LogP contribution in [0.3, 0.4) is 0 Å². The molecule has 0 aliphatic heterocycles. The fourth-order valence-electron chi connectivity index (χ4n) is 1.65. The van der Waals surface area contributed by atoms with E-state index in [-0.39, 0.29) is 5.91 Å². The zero-order valence-electron chi connectivity index (χ0n) is 12.3. The zero-order chi connectivity index (χ0) is 17.0. The summed E-state index contributed by atoms with van der Waals surface area (Å²) in [6, 6.07) is 8.27. The van der Waals surface area contributed by atoms with E-state index in [2.05, 4.69) is 26.0 Å². The first-order valence-electron chi connectivity index (χ1n) is 6.51. The van der Waals surface area contributed by atoms with Gasteiger partial charge in [-0.3, -0.25) is 4.79 Å². The summed E-state index contributed by atoms with van der Waals surface area (Å²) in [5.74, 6) is -0.256. The molecule has 1 amide bonds. The van der Waals surface area contributed by atoms with Gasteiger partial charge in [0, 0.05) is 5.02 Å². The van der Waals surface area contributed by atoms with E-state index >= 15 is 0 Å². The monoisotopic (exact) mass is 417 g/mol. The number of rotatable bonds is 5. The van der Waals surface area contributed by atoms with Crippen molar-refractivity contribution >= 4 is 55.7 Å². The highest BCUT2D eigenvalue weighted by Gasteiger charge is 2.18. The Kier molecular flexibility index (Phi) is 6.04. The third-order valence-electron chi connectivity index (χ3n) is 2.81. The standard InChI is InChI=1S/C15H13BrClNO4S/c1-8(22-11-4-3-9(17)7-10(11)16)14(19)18-13-6-5-12(23-13)15(20)21-2/h3-8H,1-2H3,(H,18,19). The largest absolute Gasteiger partial charge is 0.480 e. The highest BCUT2D eigenvalue weighted by molar-refractivity contribution is 9.10. The molecule has 23 heavy (non-hydrogen) atoms. The van der Waals surface area contributed by atoms with Gasteiger partial charge in [-0.05, 0) is 53.2 Å². The van der Waals surface area contributed by atoms with Gasteiger partial charge in [0.05, 0.1) is 16.6 Å².